The molecule has 1 unspecified atom stereocenters. The molecule has 0 spiro atoms. The van der Waals surface area contributed by atoms with Crippen LogP contribution >= 0.6 is 0 Å². The van der Waals surface area contributed by atoms with Crippen LogP contribution in [0.4, 0.5) is 0 Å². The predicted octanol–water partition coefficient (Wildman–Crippen LogP) is 2.92. The number of pyridine rings is 1. The normalized spacial score (nSPS) is 12.4. The van der Waals surface area contributed by atoms with Gasteiger partial charge in [0.25, 0.3) is 0 Å². The second-order valence-electron chi connectivity index (χ2n) is 4.92. The number of benzene rings is 1. The minimum absolute atomic E-state index is 0.127. The van der Waals surface area contributed by atoms with Crippen molar-refractivity contribution >= 4 is 11.0 Å². The molecule has 1 atom stereocenters. The lowest BCUT2D eigenvalue weighted by Gasteiger charge is -2.17. The molecule has 4 heteroatoms. The minimum atomic E-state index is 0.127. The summed E-state index contributed by atoms with van der Waals surface area (Å²) in [7, 11) is 0. The highest BCUT2D eigenvalue weighted by molar-refractivity contribution is 5.73. The SMILES string of the molecule is CCNC(Cc1ccccn1)c1cnc2ccccc2n1. The van der Waals surface area contributed by atoms with Crippen LogP contribution in [-0.4, -0.2) is 21.5 Å². The summed E-state index contributed by atoms with van der Waals surface area (Å²) in [5, 5.41) is 3.47. The fraction of sp³-hybridized carbons (Fsp3) is 0.235. The van der Waals surface area contributed by atoms with Gasteiger partial charge >= 0.3 is 0 Å². The molecule has 0 amide bonds. The maximum atomic E-state index is 4.74. The number of para-hydroxylation sites is 2. The summed E-state index contributed by atoms with van der Waals surface area (Å²) in [6, 6.07) is 14.1. The van der Waals surface area contributed by atoms with Crippen molar-refractivity contribution in [2.75, 3.05) is 6.54 Å². The second kappa shape index (κ2) is 6.41. The zero-order chi connectivity index (χ0) is 14.5. The van der Waals surface area contributed by atoms with Gasteiger partial charge in [-0.05, 0) is 30.8 Å². The third kappa shape index (κ3) is 3.23. The number of aromatic nitrogens is 3. The maximum absolute atomic E-state index is 4.74. The molecular formula is C17H18N4. The van der Waals surface area contributed by atoms with Crippen LogP contribution in [0.2, 0.25) is 0 Å². The lowest BCUT2D eigenvalue weighted by Crippen LogP contribution is -2.24. The van der Waals surface area contributed by atoms with Crippen molar-refractivity contribution in [2.45, 2.75) is 19.4 Å². The molecule has 106 valence electrons. The maximum Gasteiger partial charge on any atom is 0.0890 e. The summed E-state index contributed by atoms with van der Waals surface area (Å²) in [5.74, 6) is 0. The van der Waals surface area contributed by atoms with Crippen LogP contribution in [0.25, 0.3) is 11.0 Å². The molecule has 4 nitrogen and oxygen atoms in total. The smallest absolute Gasteiger partial charge is 0.0890 e. The van der Waals surface area contributed by atoms with E-state index in [0.717, 1.165) is 35.4 Å². The van der Waals surface area contributed by atoms with Crippen LogP contribution in [0.3, 0.4) is 0 Å². The molecule has 3 aromatic rings. The molecule has 1 aromatic carbocycles. The molecule has 0 radical (unpaired) electrons. The lowest BCUT2D eigenvalue weighted by atomic mass is 10.1. The number of hydrogen-bond donors (Lipinski definition) is 1. The number of rotatable bonds is 5. The molecule has 2 aromatic heterocycles. The van der Waals surface area contributed by atoms with Gasteiger partial charge in [0, 0.05) is 18.3 Å². The highest BCUT2D eigenvalue weighted by Crippen LogP contribution is 2.17. The Kier molecular flexibility index (Phi) is 4.17. The van der Waals surface area contributed by atoms with Crippen molar-refractivity contribution in [3.05, 3.63) is 66.2 Å². The van der Waals surface area contributed by atoms with Gasteiger partial charge in [-0.15, -0.1) is 0 Å². The summed E-state index contributed by atoms with van der Waals surface area (Å²) in [6.07, 6.45) is 4.49. The van der Waals surface area contributed by atoms with E-state index >= 15 is 0 Å². The number of hydrogen-bond acceptors (Lipinski definition) is 4. The van der Waals surface area contributed by atoms with E-state index in [0.29, 0.717) is 0 Å². The molecule has 21 heavy (non-hydrogen) atoms. The first-order valence-corrected chi connectivity index (χ1v) is 7.22. The van der Waals surface area contributed by atoms with Gasteiger partial charge in [-0.1, -0.05) is 25.1 Å². The summed E-state index contributed by atoms with van der Waals surface area (Å²) in [4.78, 5) is 13.6. The second-order valence-corrected chi connectivity index (χ2v) is 4.92. The van der Waals surface area contributed by atoms with Gasteiger partial charge in [-0.3, -0.25) is 9.97 Å². The third-order valence-corrected chi connectivity index (χ3v) is 3.41. The number of fused-ring (bicyclic) bond motifs is 1. The number of nitrogens with one attached hydrogen (secondary N) is 1. The van der Waals surface area contributed by atoms with Crippen molar-refractivity contribution in [1.29, 1.82) is 0 Å². The van der Waals surface area contributed by atoms with Gasteiger partial charge in [0.2, 0.25) is 0 Å². The fourth-order valence-corrected chi connectivity index (χ4v) is 2.40. The first kappa shape index (κ1) is 13.6. The van der Waals surface area contributed by atoms with Gasteiger partial charge in [-0.2, -0.15) is 0 Å². The monoisotopic (exact) mass is 278 g/mol. The summed E-state index contributed by atoms with van der Waals surface area (Å²) in [5.41, 5.74) is 3.87. The summed E-state index contributed by atoms with van der Waals surface area (Å²) >= 11 is 0. The molecule has 0 aliphatic carbocycles. The molecule has 0 saturated heterocycles. The molecular weight excluding hydrogens is 260 g/mol. The molecule has 0 fully saturated rings. The van der Waals surface area contributed by atoms with Gasteiger partial charge in [-0.25, -0.2) is 4.98 Å². The highest BCUT2D eigenvalue weighted by Gasteiger charge is 2.14. The molecule has 0 saturated carbocycles. The topological polar surface area (TPSA) is 50.7 Å². The van der Waals surface area contributed by atoms with Gasteiger partial charge in [0.1, 0.15) is 0 Å². The Bertz CT molecular complexity index is 712. The van der Waals surface area contributed by atoms with Crippen molar-refractivity contribution in [1.82, 2.24) is 20.3 Å². The van der Waals surface area contributed by atoms with Crippen LogP contribution in [-0.2, 0) is 6.42 Å². The average molecular weight is 278 g/mol. The third-order valence-electron chi connectivity index (χ3n) is 3.41. The lowest BCUT2D eigenvalue weighted by molar-refractivity contribution is 0.531. The molecule has 1 N–H and O–H groups in total. The van der Waals surface area contributed by atoms with E-state index < -0.39 is 0 Å². The zero-order valence-electron chi connectivity index (χ0n) is 12.0. The summed E-state index contributed by atoms with van der Waals surface area (Å²) in [6.45, 7) is 2.98. The van der Waals surface area contributed by atoms with E-state index in [4.69, 9.17) is 4.98 Å². The van der Waals surface area contributed by atoms with Crippen LogP contribution in [0.1, 0.15) is 24.4 Å². The highest BCUT2D eigenvalue weighted by atomic mass is 15.0. The van der Waals surface area contributed by atoms with Crippen molar-refractivity contribution < 1.29 is 0 Å². The van der Waals surface area contributed by atoms with Crippen molar-refractivity contribution in [2.24, 2.45) is 0 Å². The molecule has 2 heterocycles. The Morgan fingerprint density at radius 1 is 1.00 bits per heavy atom. The Hall–Kier alpha value is -2.33. The van der Waals surface area contributed by atoms with Crippen LogP contribution < -0.4 is 5.32 Å². The standard InChI is InChI=1S/C17H18N4/c1-2-18-16(11-13-7-5-6-10-19-13)17-12-20-14-8-3-4-9-15(14)21-17/h3-10,12,16,18H,2,11H2,1H3. The van der Waals surface area contributed by atoms with Crippen LogP contribution in [0, 0.1) is 0 Å². The predicted molar refractivity (Wildman–Crippen MR) is 83.9 cm³/mol. The van der Waals surface area contributed by atoms with Gasteiger partial charge < -0.3 is 5.32 Å². The van der Waals surface area contributed by atoms with Crippen molar-refractivity contribution in [3.8, 4) is 0 Å². The molecule has 0 aliphatic rings. The zero-order valence-corrected chi connectivity index (χ0v) is 12.0. The van der Waals surface area contributed by atoms with Crippen molar-refractivity contribution in [3.63, 3.8) is 0 Å². The van der Waals surface area contributed by atoms with E-state index in [9.17, 15) is 0 Å². The number of nitrogens with zero attached hydrogens (tertiary/aromatic N) is 3. The van der Waals surface area contributed by atoms with E-state index in [2.05, 4.69) is 22.2 Å². The van der Waals surface area contributed by atoms with Gasteiger partial charge in [0.05, 0.1) is 29.0 Å². The Morgan fingerprint density at radius 3 is 2.57 bits per heavy atom. The van der Waals surface area contributed by atoms with E-state index in [-0.39, 0.29) is 6.04 Å². The first-order chi connectivity index (χ1) is 10.4. The average Bonchev–Trinajstić information content (AvgIpc) is 2.55. The molecule has 3 rings (SSSR count). The van der Waals surface area contributed by atoms with E-state index in [1.807, 2.05) is 54.9 Å². The Labute approximate surface area is 124 Å². The van der Waals surface area contributed by atoms with E-state index in [1.54, 1.807) is 0 Å². The largest absolute Gasteiger partial charge is 0.309 e. The van der Waals surface area contributed by atoms with E-state index in [1.165, 1.54) is 0 Å². The van der Waals surface area contributed by atoms with Crippen LogP contribution in [0.15, 0.2) is 54.9 Å². The minimum Gasteiger partial charge on any atom is -0.309 e. The fourth-order valence-electron chi connectivity index (χ4n) is 2.40. The van der Waals surface area contributed by atoms with Crippen LogP contribution in [0.5, 0.6) is 0 Å². The Balaban J connectivity index is 1.91. The van der Waals surface area contributed by atoms with Gasteiger partial charge in [0.15, 0.2) is 0 Å². The molecule has 0 aliphatic heterocycles. The first-order valence-electron chi connectivity index (χ1n) is 7.22. The molecule has 0 bridgehead atoms. The quantitative estimate of drug-likeness (QED) is 0.779. The Morgan fingerprint density at radius 2 is 1.81 bits per heavy atom. The number of likely N-dealkylation sites (N-methyl/N-ethyl adjacent to an activating group) is 1. The summed E-state index contributed by atoms with van der Waals surface area (Å²) < 4.78 is 0.